The van der Waals surface area contributed by atoms with Gasteiger partial charge in [-0.25, -0.2) is 0 Å². The molecule has 1 fully saturated rings. The van der Waals surface area contributed by atoms with Gasteiger partial charge in [-0.1, -0.05) is 69.2 Å². The number of rotatable bonds is 0. The molecule has 1 aliphatic rings. The smallest absolute Gasteiger partial charge is 0.0860 e. The molecule has 0 saturated heterocycles. The van der Waals surface area contributed by atoms with E-state index < -0.39 is 12.2 Å². The summed E-state index contributed by atoms with van der Waals surface area (Å²) in [4.78, 5) is 0. The van der Waals surface area contributed by atoms with E-state index in [0.717, 1.165) is 0 Å². The topological polar surface area (TPSA) is 40.5 Å². The zero-order valence-electron chi connectivity index (χ0n) is 14.5. The summed E-state index contributed by atoms with van der Waals surface area (Å²) in [5.41, 5.74) is -0.983. The summed E-state index contributed by atoms with van der Waals surface area (Å²) in [5, 5.41) is 21.5. The first-order chi connectivity index (χ1) is 8.07. The summed E-state index contributed by atoms with van der Waals surface area (Å²) in [6, 6.07) is 0. The van der Waals surface area contributed by atoms with Gasteiger partial charge in [0, 0.05) is 0 Å². The quantitative estimate of drug-likeness (QED) is 0.656. The van der Waals surface area contributed by atoms with E-state index >= 15 is 0 Å². The third-order valence-corrected chi connectivity index (χ3v) is 8.12. The first-order valence-electron chi connectivity index (χ1n) is 7.43. The van der Waals surface area contributed by atoms with E-state index in [2.05, 4.69) is 69.2 Å². The molecule has 19 heavy (non-hydrogen) atoms. The van der Waals surface area contributed by atoms with Crippen LogP contribution in [0.4, 0.5) is 0 Å². The summed E-state index contributed by atoms with van der Waals surface area (Å²) in [6.45, 7) is 21.8. The van der Waals surface area contributed by atoms with Crippen molar-refractivity contribution in [1.29, 1.82) is 0 Å². The van der Waals surface area contributed by atoms with Crippen LogP contribution in [0.25, 0.3) is 0 Å². The van der Waals surface area contributed by atoms with Crippen molar-refractivity contribution in [2.75, 3.05) is 0 Å². The maximum absolute atomic E-state index is 10.8. The van der Waals surface area contributed by atoms with Gasteiger partial charge in [-0.3, -0.25) is 0 Å². The highest BCUT2D eigenvalue weighted by molar-refractivity contribution is 5.15. The second kappa shape index (κ2) is 3.98. The lowest BCUT2D eigenvalue weighted by Gasteiger charge is -2.60. The van der Waals surface area contributed by atoms with E-state index in [1.54, 1.807) is 0 Å². The molecular weight excluding hydrogens is 236 g/mol. The molecule has 1 rings (SSSR count). The summed E-state index contributed by atoms with van der Waals surface area (Å²) in [7, 11) is 0. The Kier molecular flexibility index (Phi) is 3.55. The fourth-order valence-electron chi connectivity index (χ4n) is 3.92. The van der Waals surface area contributed by atoms with Gasteiger partial charge in [-0.15, -0.1) is 0 Å². The van der Waals surface area contributed by atoms with Gasteiger partial charge in [0.15, 0.2) is 0 Å². The van der Waals surface area contributed by atoms with Crippen LogP contribution < -0.4 is 0 Å². The van der Waals surface area contributed by atoms with Crippen molar-refractivity contribution >= 4 is 0 Å². The molecule has 2 unspecified atom stereocenters. The van der Waals surface area contributed by atoms with E-state index in [0.29, 0.717) is 0 Å². The number of hydrogen-bond acceptors (Lipinski definition) is 2. The molecule has 0 bridgehead atoms. The lowest BCUT2D eigenvalue weighted by molar-refractivity contribution is -0.127. The third-order valence-electron chi connectivity index (χ3n) is 8.12. The van der Waals surface area contributed by atoms with E-state index in [4.69, 9.17) is 0 Å². The van der Waals surface area contributed by atoms with Crippen molar-refractivity contribution in [3.05, 3.63) is 0 Å². The molecule has 1 aliphatic carbocycles. The second-order valence-corrected chi connectivity index (χ2v) is 9.21. The Labute approximate surface area is 119 Å². The van der Waals surface area contributed by atoms with Crippen LogP contribution in [0.15, 0.2) is 0 Å². The Balaban J connectivity index is 3.69. The molecule has 0 spiro atoms. The van der Waals surface area contributed by atoms with Crippen molar-refractivity contribution in [3.8, 4) is 0 Å². The van der Waals surface area contributed by atoms with Gasteiger partial charge in [-0.2, -0.15) is 0 Å². The Morgan fingerprint density at radius 3 is 0.895 bits per heavy atom. The van der Waals surface area contributed by atoms with E-state index in [9.17, 15) is 10.2 Å². The van der Waals surface area contributed by atoms with Gasteiger partial charge < -0.3 is 10.2 Å². The second-order valence-electron chi connectivity index (χ2n) is 9.21. The molecule has 0 radical (unpaired) electrons. The van der Waals surface area contributed by atoms with Gasteiger partial charge in [0.25, 0.3) is 0 Å². The van der Waals surface area contributed by atoms with Crippen molar-refractivity contribution in [1.82, 2.24) is 0 Å². The van der Waals surface area contributed by atoms with E-state index in [1.807, 2.05) is 0 Å². The van der Waals surface area contributed by atoms with Crippen LogP contribution in [0, 0.1) is 27.1 Å². The van der Waals surface area contributed by atoms with E-state index in [1.165, 1.54) is 0 Å². The average Bonchev–Trinajstić information content (AvgIpc) is 2.25. The van der Waals surface area contributed by atoms with Crippen LogP contribution in [0.5, 0.6) is 0 Å². The van der Waals surface area contributed by atoms with Crippen LogP contribution in [-0.4, -0.2) is 22.4 Å². The van der Waals surface area contributed by atoms with Crippen LogP contribution in [0.3, 0.4) is 0 Å². The number of aliphatic hydroxyl groups excluding tert-OH is 2. The predicted octanol–water partition coefficient (Wildman–Crippen LogP) is 3.85. The van der Waals surface area contributed by atoms with Crippen LogP contribution >= 0.6 is 0 Å². The molecule has 0 amide bonds. The summed E-state index contributed by atoms with van der Waals surface area (Å²) in [6.07, 6.45) is -1.45. The molecule has 2 atom stereocenters. The average molecular weight is 270 g/mol. The van der Waals surface area contributed by atoms with Crippen molar-refractivity contribution in [3.63, 3.8) is 0 Å². The monoisotopic (exact) mass is 270 g/mol. The minimum atomic E-state index is -0.724. The van der Waals surface area contributed by atoms with Crippen molar-refractivity contribution in [2.24, 2.45) is 27.1 Å². The fourth-order valence-corrected chi connectivity index (χ4v) is 3.92. The fraction of sp³-hybridized carbons (Fsp3) is 1.00. The molecule has 0 aromatic carbocycles. The Hall–Kier alpha value is -0.0800. The zero-order chi connectivity index (χ0) is 15.7. The zero-order valence-corrected chi connectivity index (χ0v) is 14.5. The van der Waals surface area contributed by atoms with Crippen molar-refractivity contribution in [2.45, 2.75) is 81.4 Å². The largest absolute Gasteiger partial charge is 0.390 e. The minimum absolute atomic E-state index is 0.0362. The maximum Gasteiger partial charge on any atom is 0.0860 e. The first kappa shape index (κ1) is 17.0. The highest BCUT2D eigenvalue weighted by Gasteiger charge is 2.66. The standard InChI is InChI=1S/C17H34O2/c1-13(2)11(18)12(19)14(3,4)16(7,8)17(9,10)15(13,5)6/h11-12,18-19H,1-10H3. The molecule has 2 heteroatoms. The van der Waals surface area contributed by atoms with Crippen molar-refractivity contribution < 1.29 is 10.2 Å². The predicted molar refractivity (Wildman–Crippen MR) is 80.9 cm³/mol. The highest BCUT2D eigenvalue weighted by Crippen LogP contribution is 2.68. The van der Waals surface area contributed by atoms with Gasteiger partial charge in [-0.05, 0) is 27.1 Å². The van der Waals surface area contributed by atoms with Crippen LogP contribution in [0.2, 0.25) is 0 Å². The summed E-state index contributed by atoms with van der Waals surface area (Å²) in [5.74, 6) is 0. The molecule has 2 N–H and O–H groups in total. The molecular formula is C17H34O2. The van der Waals surface area contributed by atoms with Gasteiger partial charge >= 0.3 is 0 Å². The Morgan fingerprint density at radius 1 is 0.474 bits per heavy atom. The summed E-state index contributed by atoms with van der Waals surface area (Å²) < 4.78 is 0. The lowest BCUT2D eigenvalue weighted by Crippen LogP contribution is -2.54. The van der Waals surface area contributed by atoms with Gasteiger partial charge in [0.05, 0.1) is 12.2 Å². The minimum Gasteiger partial charge on any atom is -0.390 e. The van der Waals surface area contributed by atoms with Gasteiger partial charge in [0.1, 0.15) is 0 Å². The van der Waals surface area contributed by atoms with E-state index in [-0.39, 0.29) is 27.1 Å². The summed E-state index contributed by atoms with van der Waals surface area (Å²) >= 11 is 0. The van der Waals surface area contributed by atoms with Crippen LogP contribution in [0.1, 0.15) is 69.2 Å². The molecule has 2 nitrogen and oxygen atoms in total. The molecule has 0 heterocycles. The molecule has 0 aromatic heterocycles. The van der Waals surface area contributed by atoms with Gasteiger partial charge in [0.2, 0.25) is 0 Å². The Bertz CT molecular complexity index is 327. The van der Waals surface area contributed by atoms with Crippen LogP contribution in [-0.2, 0) is 0 Å². The molecule has 114 valence electrons. The molecule has 0 aliphatic heterocycles. The molecule has 1 saturated carbocycles. The SMILES string of the molecule is CC1(C)C(O)C(O)C(C)(C)C(C)(C)C(C)(C)C1(C)C. The Morgan fingerprint density at radius 2 is 0.684 bits per heavy atom. The normalized spacial score (nSPS) is 38.5. The molecule has 0 aromatic rings. The maximum atomic E-state index is 10.8. The number of aliphatic hydroxyl groups is 2. The third kappa shape index (κ3) is 1.68. The first-order valence-corrected chi connectivity index (χ1v) is 7.43. The lowest BCUT2D eigenvalue weighted by atomic mass is 9.45. The number of hydrogen-bond donors (Lipinski definition) is 2. The highest BCUT2D eigenvalue weighted by atomic mass is 16.3.